The van der Waals surface area contributed by atoms with Crippen molar-refractivity contribution in [3.8, 4) is 5.75 Å². The number of carbonyl (C=O) groups is 1. The Hall–Kier alpha value is -1.79. The molecule has 3 atom stereocenters. The highest BCUT2D eigenvalue weighted by molar-refractivity contribution is 5.80. The average molecular weight is 446 g/mol. The van der Waals surface area contributed by atoms with Crippen LogP contribution in [0.15, 0.2) is 18.2 Å². The minimum absolute atomic E-state index is 0.0214. The summed E-state index contributed by atoms with van der Waals surface area (Å²) in [6, 6.07) is 5.93. The molecule has 6 nitrogen and oxygen atoms in total. The number of aliphatic hydroxyl groups excluding tert-OH is 1. The third kappa shape index (κ3) is 6.38. The molecule has 2 aliphatic rings. The van der Waals surface area contributed by atoms with Crippen LogP contribution in [0.1, 0.15) is 51.5 Å². The molecule has 1 aromatic carbocycles. The molecule has 1 N–H and O–H groups in total. The molecule has 1 saturated carbocycles. The van der Waals surface area contributed by atoms with Gasteiger partial charge in [-0.15, -0.1) is 0 Å². The summed E-state index contributed by atoms with van der Waals surface area (Å²) in [6.07, 6.45) is 7.02. The van der Waals surface area contributed by atoms with E-state index in [1.165, 1.54) is 32.1 Å². The van der Waals surface area contributed by atoms with E-state index in [0.29, 0.717) is 13.0 Å². The van der Waals surface area contributed by atoms with Gasteiger partial charge >= 0.3 is 0 Å². The van der Waals surface area contributed by atoms with Gasteiger partial charge in [-0.2, -0.15) is 0 Å². The number of anilines is 1. The Balaban J connectivity index is 1.84. The smallest absolute Gasteiger partial charge is 0.227 e. The van der Waals surface area contributed by atoms with E-state index in [2.05, 4.69) is 31.0 Å². The topological polar surface area (TPSA) is 56.3 Å². The van der Waals surface area contributed by atoms with Gasteiger partial charge in [-0.25, -0.2) is 0 Å². The van der Waals surface area contributed by atoms with E-state index in [4.69, 9.17) is 4.74 Å². The summed E-state index contributed by atoms with van der Waals surface area (Å²) in [5.74, 6) is 1.80. The number of nitrogens with zero attached hydrogens (tertiary/aromatic N) is 3. The molecule has 0 aromatic heterocycles. The normalized spacial score (nSPS) is 23.7. The maximum Gasteiger partial charge on any atom is 0.227 e. The Morgan fingerprint density at radius 1 is 1.16 bits per heavy atom. The van der Waals surface area contributed by atoms with E-state index in [9.17, 15) is 9.90 Å². The summed E-state index contributed by atoms with van der Waals surface area (Å²) in [6.45, 7) is 6.59. The van der Waals surface area contributed by atoms with Crippen molar-refractivity contribution in [1.29, 1.82) is 0 Å². The van der Waals surface area contributed by atoms with E-state index in [1.807, 2.05) is 36.9 Å². The van der Waals surface area contributed by atoms with Crippen LogP contribution in [0.25, 0.3) is 0 Å². The van der Waals surface area contributed by atoms with Crippen LogP contribution >= 0.6 is 0 Å². The minimum Gasteiger partial charge on any atom is -0.488 e. The molecule has 1 amide bonds. The molecule has 0 spiro atoms. The van der Waals surface area contributed by atoms with Crippen molar-refractivity contribution in [3.05, 3.63) is 23.8 Å². The largest absolute Gasteiger partial charge is 0.488 e. The van der Waals surface area contributed by atoms with Gasteiger partial charge in [-0.1, -0.05) is 26.2 Å². The van der Waals surface area contributed by atoms with Gasteiger partial charge in [0.25, 0.3) is 0 Å². The zero-order valence-electron chi connectivity index (χ0n) is 20.7. The number of hydrogen-bond donors (Lipinski definition) is 1. The van der Waals surface area contributed by atoms with Gasteiger partial charge in [0.05, 0.1) is 19.1 Å². The van der Waals surface area contributed by atoms with Crippen LogP contribution in [-0.2, 0) is 11.2 Å². The molecule has 0 bridgehead atoms. The molecule has 0 unspecified atom stereocenters. The van der Waals surface area contributed by atoms with Gasteiger partial charge in [0.15, 0.2) is 0 Å². The Morgan fingerprint density at radius 2 is 1.88 bits per heavy atom. The van der Waals surface area contributed by atoms with Gasteiger partial charge < -0.3 is 24.5 Å². The van der Waals surface area contributed by atoms with E-state index in [-0.39, 0.29) is 30.6 Å². The van der Waals surface area contributed by atoms with Gasteiger partial charge in [-0.05, 0) is 50.9 Å². The van der Waals surface area contributed by atoms with Crippen LogP contribution < -0.4 is 9.64 Å². The highest BCUT2D eigenvalue weighted by Crippen LogP contribution is 2.30. The van der Waals surface area contributed by atoms with E-state index < -0.39 is 0 Å². The maximum atomic E-state index is 13.2. The van der Waals surface area contributed by atoms with Crippen LogP contribution in [0.2, 0.25) is 0 Å². The molecular formula is C26H43N3O3. The number of likely N-dealkylation sites (N-methyl/N-ethyl adjacent to an activating group) is 1. The summed E-state index contributed by atoms with van der Waals surface area (Å²) >= 11 is 0. The van der Waals surface area contributed by atoms with Gasteiger partial charge in [0.2, 0.25) is 5.91 Å². The molecule has 180 valence electrons. The lowest BCUT2D eigenvalue weighted by atomic mass is 9.89. The molecule has 0 radical (unpaired) electrons. The fraction of sp³-hybridized carbons (Fsp3) is 0.731. The summed E-state index contributed by atoms with van der Waals surface area (Å²) < 4.78 is 6.63. The first kappa shape index (κ1) is 24.8. The summed E-state index contributed by atoms with van der Waals surface area (Å²) in [7, 11) is 6.21. The van der Waals surface area contributed by atoms with Crippen molar-refractivity contribution < 1.29 is 14.6 Å². The number of carbonyl (C=O) groups excluding carboxylic acids is 1. The number of ether oxygens (including phenoxy) is 1. The fourth-order valence-electron chi connectivity index (χ4n) is 5.10. The minimum atomic E-state index is -0.204. The quantitative estimate of drug-likeness (QED) is 0.697. The van der Waals surface area contributed by atoms with Crippen molar-refractivity contribution >= 4 is 11.6 Å². The predicted molar refractivity (Wildman–Crippen MR) is 130 cm³/mol. The molecule has 3 rings (SSSR count). The van der Waals surface area contributed by atoms with Gasteiger partial charge in [-0.3, -0.25) is 4.79 Å². The van der Waals surface area contributed by atoms with Crippen LogP contribution in [0.4, 0.5) is 5.69 Å². The van der Waals surface area contributed by atoms with Crippen LogP contribution in [0.5, 0.6) is 5.75 Å². The second-order valence-electron chi connectivity index (χ2n) is 10.3. The number of fused-ring (bicyclic) bond motifs is 1. The number of aliphatic hydroxyl groups is 1. The Morgan fingerprint density at radius 3 is 2.53 bits per heavy atom. The zero-order chi connectivity index (χ0) is 23.3. The lowest BCUT2D eigenvalue weighted by Crippen LogP contribution is -2.48. The third-order valence-electron chi connectivity index (χ3n) is 7.20. The second kappa shape index (κ2) is 11.4. The van der Waals surface area contributed by atoms with Crippen LogP contribution in [0.3, 0.4) is 0 Å². The van der Waals surface area contributed by atoms with E-state index in [1.54, 1.807) is 0 Å². The number of rotatable bonds is 7. The summed E-state index contributed by atoms with van der Waals surface area (Å²) in [5, 5.41) is 9.79. The van der Waals surface area contributed by atoms with Crippen molar-refractivity contribution in [2.24, 2.45) is 11.8 Å². The first-order valence-electron chi connectivity index (χ1n) is 12.3. The summed E-state index contributed by atoms with van der Waals surface area (Å²) in [5.41, 5.74) is 1.98. The number of amides is 1. The van der Waals surface area contributed by atoms with Crippen molar-refractivity contribution in [1.82, 2.24) is 9.80 Å². The van der Waals surface area contributed by atoms with Crippen molar-refractivity contribution in [3.63, 3.8) is 0 Å². The standard InChI is InChI=1S/C26H43N3O3/c1-19-15-29(20(2)18-30)26(31)14-22-13-23(27(3)4)11-12-24(22)32-25(19)17-28(5)16-21-9-7-6-8-10-21/h11-13,19-21,25,30H,6-10,14-18H2,1-5H3/t19-,20-,25+/m1/s1. The van der Waals surface area contributed by atoms with Gasteiger partial charge in [0.1, 0.15) is 11.9 Å². The highest BCUT2D eigenvalue weighted by Gasteiger charge is 2.31. The molecule has 1 heterocycles. The van der Waals surface area contributed by atoms with E-state index >= 15 is 0 Å². The fourth-order valence-corrected chi connectivity index (χ4v) is 5.10. The van der Waals surface area contributed by atoms with Gasteiger partial charge in [0, 0.05) is 50.9 Å². The third-order valence-corrected chi connectivity index (χ3v) is 7.20. The average Bonchev–Trinajstić information content (AvgIpc) is 2.81. The lowest BCUT2D eigenvalue weighted by Gasteiger charge is -2.35. The van der Waals surface area contributed by atoms with E-state index in [0.717, 1.165) is 36.0 Å². The maximum absolute atomic E-state index is 13.2. The first-order chi connectivity index (χ1) is 15.3. The molecule has 0 saturated heterocycles. The lowest BCUT2D eigenvalue weighted by molar-refractivity contribution is -0.134. The molecule has 1 fully saturated rings. The van der Waals surface area contributed by atoms with Crippen molar-refractivity contribution in [2.75, 3.05) is 52.3 Å². The molecule has 32 heavy (non-hydrogen) atoms. The number of hydrogen-bond acceptors (Lipinski definition) is 5. The molecule has 1 aliphatic carbocycles. The molecule has 1 aliphatic heterocycles. The first-order valence-corrected chi connectivity index (χ1v) is 12.3. The zero-order valence-corrected chi connectivity index (χ0v) is 20.7. The predicted octanol–water partition coefficient (Wildman–Crippen LogP) is 3.41. The Labute approximate surface area is 194 Å². The number of benzene rings is 1. The Kier molecular flexibility index (Phi) is 8.83. The summed E-state index contributed by atoms with van der Waals surface area (Å²) in [4.78, 5) is 19.5. The second-order valence-corrected chi connectivity index (χ2v) is 10.3. The molecule has 6 heteroatoms. The monoisotopic (exact) mass is 445 g/mol. The highest BCUT2D eigenvalue weighted by atomic mass is 16.5. The van der Waals surface area contributed by atoms with Crippen LogP contribution in [0, 0.1) is 11.8 Å². The SMILES string of the molecule is C[C@@H]1CN([C@H](C)CO)C(=O)Cc2cc(N(C)C)ccc2O[C@H]1CN(C)CC1CCCCC1. The van der Waals surface area contributed by atoms with Crippen LogP contribution in [-0.4, -0.2) is 80.3 Å². The van der Waals surface area contributed by atoms with Crippen molar-refractivity contribution in [2.45, 2.75) is 64.5 Å². The Bertz CT molecular complexity index is 748. The molecule has 1 aromatic rings. The molecular weight excluding hydrogens is 402 g/mol.